The van der Waals surface area contributed by atoms with Crippen LogP contribution in [0.1, 0.15) is 29.3 Å². The minimum atomic E-state index is -0.484. The predicted molar refractivity (Wildman–Crippen MR) is 66.3 cm³/mol. The molecule has 0 saturated heterocycles. The van der Waals surface area contributed by atoms with Crippen molar-refractivity contribution < 1.29 is 14.3 Å². The minimum absolute atomic E-state index is 0.0761. The molecule has 0 aliphatic rings. The number of ketones is 1. The Hall–Kier alpha value is -2.35. The minimum Gasteiger partial charge on any atom is -0.465 e. The maximum atomic E-state index is 11.3. The summed E-state index contributed by atoms with van der Waals surface area (Å²) in [5.74, 6) is -0.408. The van der Waals surface area contributed by atoms with E-state index in [0.717, 1.165) is 0 Å². The third kappa shape index (κ3) is 3.59. The molecule has 94 valence electrons. The Morgan fingerprint density at radius 1 is 1.44 bits per heavy atom. The molecule has 5 nitrogen and oxygen atoms in total. The summed E-state index contributed by atoms with van der Waals surface area (Å²) >= 11 is 0. The van der Waals surface area contributed by atoms with E-state index < -0.39 is 5.97 Å². The van der Waals surface area contributed by atoms with Crippen molar-refractivity contribution in [3.63, 3.8) is 0 Å². The molecule has 1 rings (SSSR count). The van der Waals surface area contributed by atoms with Gasteiger partial charge in [-0.3, -0.25) is 4.79 Å². The molecular weight excluding hydrogens is 232 g/mol. The Morgan fingerprint density at radius 2 is 2.17 bits per heavy atom. The number of nitriles is 1. The van der Waals surface area contributed by atoms with Gasteiger partial charge < -0.3 is 10.1 Å². The van der Waals surface area contributed by atoms with E-state index in [1.807, 2.05) is 6.07 Å². The Kier molecular flexibility index (Phi) is 4.88. The number of carbonyl (C=O) groups excluding carboxylic acids is 2. The molecule has 1 N–H and O–H groups in total. The van der Waals surface area contributed by atoms with Crippen LogP contribution in [-0.4, -0.2) is 25.4 Å². The molecule has 0 saturated carbocycles. The molecule has 0 atom stereocenters. The highest BCUT2D eigenvalue weighted by Gasteiger charge is 2.09. The van der Waals surface area contributed by atoms with Crippen molar-refractivity contribution in [1.82, 2.24) is 0 Å². The van der Waals surface area contributed by atoms with Crippen molar-refractivity contribution >= 4 is 17.4 Å². The standard InChI is InChI=1S/C13H14N2O3/c1-9(16)5-6-15-12-4-3-10(13(17)18-2)7-11(12)8-14/h3-4,7,15H,5-6H2,1-2H3. The Balaban J connectivity index is 2.84. The number of ether oxygens (including phenoxy) is 1. The zero-order chi connectivity index (χ0) is 13.5. The number of hydrogen-bond acceptors (Lipinski definition) is 5. The van der Waals surface area contributed by atoms with Gasteiger partial charge >= 0.3 is 5.97 Å². The predicted octanol–water partition coefficient (Wildman–Crippen LogP) is 1.74. The number of hydrogen-bond donors (Lipinski definition) is 1. The highest BCUT2D eigenvalue weighted by atomic mass is 16.5. The zero-order valence-corrected chi connectivity index (χ0v) is 10.3. The lowest BCUT2D eigenvalue weighted by Crippen LogP contribution is -2.08. The molecule has 0 bridgehead atoms. The Morgan fingerprint density at radius 3 is 2.72 bits per heavy atom. The number of nitrogens with zero attached hydrogens (tertiary/aromatic N) is 1. The average molecular weight is 246 g/mol. The van der Waals surface area contributed by atoms with Crippen LogP contribution < -0.4 is 5.32 Å². The molecule has 1 aromatic rings. The third-order valence-corrected chi connectivity index (χ3v) is 2.35. The van der Waals surface area contributed by atoms with Crippen LogP contribution >= 0.6 is 0 Å². The maximum Gasteiger partial charge on any atom is 0.337 e. The first kappa shape index (κ1) is 13.7. The smallest absolute Gasteiger partial charge is 0.337 e. The molecule has 0 unspecified atom stereocenters. The number of methoxy groups -OCH3 is 1. The molecule has 0 heterocycles. The van der Waals surface area contributed by atoms with Gasteiger partial charge in [0.15, 0.2) is 0 Å². The second kappa shape index (κ2) is 6.40. The molecule has 0 aliphatic heterocycles. The summed E-state index contributed by atoms with van der Waals surface area (Å²) in [6.45, 7) is 1.97. The monoisotopic (exact) mass is 246 g/mol. The molecule has 1 aromatic carbocycles. The van der Waals surface area contributed by atoms with Gasteiger partial charge in [0.25, 0.3) is 0 Å². The van der Waals surface area contributed by atoms with Gasteiger partial charge in [-0.15, -0.1) is 0 Å². The first-order valence-corrected chi connectivity index (χ1v) is 5.44. The first-order valence-electron chi connectivity index (χ1n) is 5.44. The van der Waals surface area contributed by atoms with E-state index in [4.69, 9.17) is 5.26 Å². The molecule has 0 amide bonds. The lowest BCUT2D eigenvalue weighted by Gasteiger charge is -2.08. The Labute approximate surface area is 105 Å². The molecule has 0 radical (unpaired) electrons. The number of esters is 1. The van der Waals surface area contributed by atoms with E-state index >= 15 is 0 Å². The maximum absolute atomic E-state index is 11.3. The number of rotatable bonds is 5. The Bertz CT molecular complexity index is 503. The van der Waals surface area contributed by atoms with Gasteiger partial charge in [-0.1, -0.05) is 0 Å². The first-order chi connectivity index (χ1) is 8.58. The molecule has 0 aromatic heterocycles. The lowest BCUT2D eigenvalue weighted by molar-refractivity contribution is -0.116. The second-order valence-electron chi connectivity index (χ2n) is 3.74. The van der Waals surface area contributed by atoms with Crippen LogP contribution in [0.2, 0.25) is 0 Å². The second-order valence-corrected chi connectivity index (χ2v) is 3.74. The molecule has 0 spiro atoms. The summed E-state index contributed by atoms with van der Waals surface area (Å²) in [7, 11) is 1.29. The lowest BCUT2D eigenvalue weighted by atomic mass is 10.1. The van der Waals surface area contributed by atoms with E-state index in [-0.39, 0.29) is 5.78 Å². The van der Waals surface area contributed by atoms with Gasteiger partial charge in [0.05, 0.1) is 23.9 Å². The summed E-state index contributed by atoms with van der Waals surface area (Å²) in [6, 6.07) is 6.66. The van der Waals surface area contributed by atoms with Gasteiger partial charge in [0.1, 0.15) is 11.9 Å². The molecule has 0 fully saturated rings. The molecule has 0 aliphatic carbocycles. The summed E-state index contributed by atoms with van der Waals surface area (Å²) in [5.41, 5.74) is 1.28. The van der Waals surface area contributed by atoms with Gasteiger partial charge in [0.2, 0.25) is 0 Å². The molecule has 5 heteroatoms. The third-order valence-electron chi connectivity index (χ3n) is 2.35. The average Bonchev–Trinajstić information content (AvgIpc) is 2.37. The van der Waals surface area contributed by atoms with E-state index in [1.54, 1.807) is 12.1 Å². The number of benzene rings is 1. The zero-order valence-electron chi connectivity index (χ0n) is 10.3. The fourth-order valence-corrected chi connectivity index (χ4v) is 1.41. The fourth-order valence-electron chi connectivity index (χ4n) is 1.41. The van der Waals surface area contributed by atoms with Gasteiger partial charge in [-0.25, -0.2) is 4.79 Å². The summed E-state index contributed by atoms with van der Waals surface area (Å²) in [5, 5.41) is 12.0. The van der Waals surface area contributed by atoms with Crippen LogP contribution in [0.3, 0.4) is 0 Å². The molecular formula is C13H14N2O3. The van der Waals surface area contributed by atoms with Crippen LogP contribution in [0.15, 0.2) is 18.2 Å². The SMILES string of the molecule is COC(=O)c1ccc(NCCC(C)=O)c(C#N)c1. The van der Waals surface area contributed by atoms with Crippen molar-refractivity contribution in [2.45, 2.75) is 13.3 Å². The largest absolute Gasteiger partial charge is 0.465 e. The van der Waals surface area contributed by atoms with Gasteiger partial charge in [-0.05, 0) is 25.1 Å². The van der Waals surface area contributed by atoms with E-state index in [1.165, 1.54) is 20.1 Å². The number of anilines is 1. The fraction of sp³-hybridized carbons (Fsp3) is 0.308. The quantitative estimate of drug-likeness (QED) is 0.800. The highest BCUT2D eigenvalue weighted by molar-refractivity contribution is 5.90. The summed E-state index contributed by atoms with van der Waals surface area (Å²) in [4.78, 5) is 22.1. The van der Waals surface area contributed by atoms with E-state index in [9.17, 15) is 9.59 Å². The van der Waals surface area contributed by atoms with Gasteiger partial charge in [-0.2, -0.15) is 5.26 Å². The number of Topliss-reactive ketones (excluding diaryl/α,β-unsaturated/α-hetero) is 1. The van der Waals surface area contributed by atoms with Crippen molar-refractivity contribution in [2.75, 3.05) is 19.0 Å². The van der Waals surface area contributed by atoms with Crippen LogP contribution in [-0.2, 0) is 9.53 Å². The summed E-state index contributed by atoms with van der Waals surface area (Å²) in [6.07, 6.45) is 0.392. The van der Waals surface area contributed by atoms with E-state index in [0.29, 0.717) is 29.8 Å². The van der Waals surface area contributed by atoms with Gasteiger partial charge in [0, 0.05) is 13.0 Å². The van der Waals surface area contributed by atoms with Crippen LogP contribution in [0.5, 0.6) is 0 Å². The highest BCUT2D eigenvalue weighted by Crippen LogP contribution is 2.17. The normalized spacial score (nSPS) is 9.39. The van der Waals surface area contributed by atoms with Crippen LogP contribution in [0, 0.1) is 11.3 Å². The van der Waals surface area contributed by atoms with Crippen molar-refractivity contribution in [1.29, 1.82) is 5.26 Å². The number of carbonyl (C=O) groups is 2. The van der Waals surface area contributed by atoms with Crippen LogP contribution in [0.4, 0.5) is 5.69 Å². The molecule has 18 heavy (non-hydrogen) atoms. The van der Waals surface area contributed by atoms with Crippen molar-refractivity contribution in [3.8, 4) is 6.07 Å². The van der Waals surface area contributed by atoms with E-state index in [2.05, 4.69) is 10.1 Å². The van der Waals surface area contributed by atoms with Crippen LogP contribution in [0.25, 0.3) is 0 Å². The summed E-state index contributed by atoms with van der Waals surface area (Å²) < 4.78 is 4.57. The van der Waals surface area contributed by atoms with Crippen molar-refractivity contribution in [3.05, 3.63) is 29.3 Å². The topological polar surface area (TPSA) is 79.2 Å². The van der Waals surface area contributed by atoms with Crippen molar-refractivity contribution in [2.24, 2.45) is 0 Å². The number of nitrogens with one attached hydrogen (secondary N) is 1.